The van der Waals surface area contributed by atoms with Gasteiger partial charge in [-0.2, -0.15) is 0 Å². The highest BCUT2D eigenvalue weighted by atomic mass is 16.5. The quantitative estimate of drug-likeness (QED) is 0.315. The summed E-state index contributed by atoms with van der Waals surface area (Å²) in [6, 6.07) is 0.492. The van der Waals surface area contributed by atoms with Gasteiger partial charge in [-0.1, -0.05) is 27.7 Å². The number of amides is 1. The van der Waals surface area contributed by atoms with Crippen LogP contribution in [0.4, 0.5) is 0 Å². The molecule has 0 unspecified atom stereocenters. The minimum atomic E-state index is 0.00577. The second kappa shape index (κ2) is 21.3. The van der Waals surface area contributed by atoms with Gasteiger partial charge < -0.3 is 30.7 Å². The number of nitrogens with one attached hydrogen (secondary N) is 4. The van der Waals surface area contributed by atoms with E-state index in [1.54, 1.807) is 0 Å². The lowest BCUT2D eigenvalue weighted by molar-refractivity contribution is -0.120. The topological polar surface area (TPSA) is 83.7 Å². The zero-order valence-electron chi connectivity index (χ0n) is 15.7. The highest BCUT2D eigenvalue weighted by Crippen LogP contribution is 1.80. The molecular weight excluding hydrogens is 296 g/mol. The molecule has 0 saturated carbocycles. The molecule has 0 aliphatic carbocycles. The molecule has 0 spiro atoms. The normalized spacial score (nSPS) is 10.3. The molecule has 7 heteroatoms. The van der Waals surface area contributed by atoms with Crippen molar-refractivity contribution >= 4 is 5.91 Å². The van der Waals surface area contributed by atoms with Gasteiger partial charge in [-0.05, 0) is 7.05 Å². The number of rotatable bonds is 15. The molecular formula is C16H38N4O3. The van der Waals surface area contributed by atoms with Crippen molar-refractivity contribution in [3.05, 3.63) is 0 Å². The zero-order chi connectivity index (χ0) is 17.8. The van der Waals surface area contributed by atoms with Crippen LogP contribution in [0.15, 0.2) is 0 Å². The van der Waals surface area contributed by atoms with E-state index in [4.69, 9.17) is 9.47 Å². The van der Waals surface area contributed by atoms with E-state index in [2.05, 4.69) is 35.1 Å². The summed E-state index contributed by atoms with van der Waals surface area (Å²) >= 11 is 0. The standard InChI is InChI=1S/C14H32N4O3.C2H6/c1-13(2)17-7-9-21-11-10-20-8-6-16-12-14(19)18-5-4-15-3;1-2/h13,15-17H,4-12H2,1-3H3,(H,18,19);1-2H3. The predicted octanol–water partition coefficient (Wildman–Crippen LogP) is -0.0310. The molecule has 0 saturated heterocycles. The lowest BCUT2D eigenvalue weighted by Crippen LogP contribution is -2.38. The maximum atomic E-state index is 11.3. The van der Waals surface area contributed by atoms with Crippen molar-refractivity contribution in [3.8, 4) is 0 Å². The molecule has 0 fully saturated rings. The van der Waals surface area contributed by atoms with Gasteiger partial charge in [0, 0.05) is 32.2 Å². The maximum Gasteiger partial charge on any atom is 0.234 e. The lowest BCUT2D eigenvalue weighted by atomic mass is 10.4. The third kappa shape index (κ3) is 23.7. The third-order valence-corrected chi connectivity index (χ3v) is 2.58. The number of hydrogen-bond acceptors (Lipinski definition) is 6. The van der Waals surface area contributed by atoms with Crippen molar-refractivity contribution in [1.82, 2.24) is 21.3 Å². The molecule has 0 aliphatic rings. The minimum Gasteiger partial charge on any atom is -0.378 e. The van der Waals surface area contributed by atoms with Crippen LogP contribution in [0.1, 0.15) is 27.7 Å². The molecule has 0 atom stereocenters. The van der Waals surface area contributed by atoms with E-state index >= 15 is 0 Å². The van der Waals surface area contributed by atoms with Crippen molar-refractivity contribution in [2.75, 3.05) is 66.2 Å². The third-order valence-electron chi connectivity index (χ3n) is 2.58. The van der Waals surface area contributed by atoms with Crippen molar-refractivity contribution in [2.45, 2.75) is 33.7 Å². The molecule has 0 radical (unpaired) electrons. The number of hydrogen-bond donors (Lipinski definition) is 4. The van der Waals surface area contributed by atoms with Crippen LogP contribution in [0.25, 0.3) is 0 Å². The van der Waals surface area contributed by atoms with Gasteiger partial charge in [0.1, 0.15) is 0 Å². The number of carbonyl (C=O) groups is 1. The predicted molar refractivity (Wildman–Crippen MR) is 95.9 cm³/mol. The van der Waals surface area contributed by atoms with E-state index < -0.39 is 0 Å². The average molecular weight is 335 g/mol. The van der Waals surface area contributed by atoms with E-state index in [0.29, 0.717) is 52.1 Å². The van der Waals surface area contributed by atoms with Crippen LogP contribution in [-0.2, 0) is 14.3 Å². The number of carbonyl (C=O) groups excluding carboxylic acids is 1. The number of likely N-dealkylation sites (N-methyl/N-ethyl adjacent to an activating group) is 1. The Morgan fingerprint density at radius 2 is 1.52 bits per heavy atom. The van der Waals surface area contributed by atoms with Gasteiger partial charge >= 0.3 is 0 Å². The number of ether oxygens (including phenoxy) is 2. The van der Waals surface area contributed by atoms with Gasteiger partial charge in [0.25, 0.3) is 0 Å². The van der Waals surface area contributed by atoms with E-state index in [-0.39, 0.29) is 5.91 Å². The monoisotopic (exact) mass is 334 g/mol. The Labute approximate surface area is 142 Å². The Kier molecular flexibility index (Phi) is 22.7. The molecule has 23 heavy (non-hydrogen) atoms. The molecule has 0 bridgehead atoms. The summed E-state index contributed by atoms with van der Waals surface area (Å²) in [6.45, 7) is 14.0. The first kappa shape index (κ1) is 24.5. The maximum absolute atomic E-state index is 11.3. The van der Waals surface area contributed by atoms with E-state index in [9.17, 15) is 4.79 Å². The molecule has 1 amide bonds. The Balaban J connectivity index is 0. The smallest absolute Gasteiger partial charge is 0.234 e. The van der Waals surface area contributed by atoms with E-state index in [1.807, 2.05) is 20.9 Å². The van der Waals surface area contributed by atoms with Gasteiger partial charge in [0.2, 0.25) is 5.91 Å². The second-order valence-corrected chi connectivity index (χ2v) is 4.96. The summed E-state index contributed by atoms with van der Waals surface area (Å²) in [4.78, 5) is 11.3. The molecule has 0 aromatic rings. The van der Waals surface area contributed by atoms with E-state index in [0.717, 1.165) is 13.1 Å². The van der Waals surface area contributed by atoms with Crippen LogP contribution in [0.3, 0.4) is 0 Å². The van der Waals surface area contributed by atoms with Crippen molar-refractivity contribution in [3.63, 3.8) is 0 Å². The summed E-state index contributed by atoms with van der Waals surface area (Å²) < 4.78 is 10.8. The van der Waals surface area contributed by atoms with Gasteiger partial charge in [-0.3, -0.25) is 4.79 Å². The summed E-state index contributed by atoms with van der Waals surface area (Å²) in [5.74, 6) is 0.00577. The first-order valence-corrected chi connectivity index (χ1v) is 8.67. The Morgan fingerprint density at radius 3 is 2.09 bits per heavy atom. The first-order chi connectivity index (χ1) is 11.2. The van der Waals surface area contributed by atoms with Crippen LogP contribution in [0.2, 0.25) is 0 Å². The molecule has 0 heterocycles. The Bertz CT molecular complexity index is 241. The molecule has 0 aliphatic heterocycles. The summed E-state index contributed by atoms with van der Waals surface area (Å²) in [5, 5.41) is 12.1. The molecule has 0 aromatic carbocycles. The van der Waals surface area contributed by atoms with Gasteiger partial charge in [-0.15, -0.1) is 0 Å². The van der Waals surface area contributed by atoms with Crippen LogP contribution in [-0.4, -0.2) is 78.1 Å². The fourth-order valence-electron chi connectivity index (χ4n) is 1.48. The van der Waals surface area contributed by atoms with Crippen molar-refractivity contribution < 1.29 is 14.3 Å². The van der Waals surface area contributed by atoms with Crippen LogP contribution in [0, 0.1) is 0 Å². The highest BCUT2D eigenvalue weighted by Gasteiger charge is 1.98. The van der Waals surface area contributed by atoms with Gasteiger partial charge in [-0.25, -0.2) is 0 Å². The molecule has 0 aromatic heterocycles. The highest BCUT2D eigenvalue weighted by molar-refractivity contribution is 5.77. The summed E-state index contributed by atoms with van der Waals surface area (Å²) in [7, 11) is 1.85. The Hall–Kier alpha value is -0.730. The average Bonchev–Trinajstić information content (AvgIpc) is 2.54. The minimum absolute atomic E-state index is 0.00577. The van der Waals surface area contributed by atoms with Crippen molar-refractivity contribution in [2.24, 2.45) is 0 Å². The largest absolute Gasteiger partial charge is 0.378 e. The summed E-state index contributed by atoms with van der Waals surface area (Å²) in [5.41, 5.74) is 0. The fraction of sp³-hybridized carbons (Fsp3) is 0.938. The fourth-order valence-corrected chi connectivity index (χ4v) is 1.48. The summed E-state index contributed by atoms with van der Waals surface area (Å²) in [6.07, 6.45) is 0. The lowest BCUT2D eigenvalue weighted by Gasteiger charge is -2.09. The molecule has 7 nitrogen and oxygen atoms in total. The molecule has 140 valence electrons. The molecule has 4 N–H and O–H groups in total. The molecule has 0 rings (SSSR count). The van der Waals surface area contributed by atoms with Gasteiger partial charge in [0.05, 0.1) is 33.0 Å². The van der Waals surface area contributed by atoms with Crippen LogP contribution < -0.4 is 21.3 Å². The van der Waals surface area contributed by atoms with Crippen molar-refractivity contribution in [1.29, 1.82) is 0 Å². The Morgan fingerprint density at radius 1 is 0.913 bits per heavy atom. The van der Waals surface area contributed by atoms with Crippen LogP contribution >= 0.6 is 0 Å². The van der Waals surface area contributed by atoms with E-state index in [1.165, 1.54) is 0 Å². The second-order valence-electron chi connectivity index (χ2n) is 4.96. The van der Waals surface area contributed by atoms with Gasteiger partial charge in [0.15, 0.2) is 0 Å². The zero-order valence-corrected chi connectivity index (χ0v) is 15.7. The van der Waals surface area contributed by atoms with Crippen LogP contribution in [0.5, 0.6) is 0 Å². The SMILES string of the molecule is CC.CNCCNC(=O)CNCCOCCOCCNC(C)C. The first-order valence-electron chi connectivity index (χ1n) is 8.67.